The van der Waals surface area contributed by atoms with Crippen LogP contribution in [0.2, 0.25) is 0 Å². The second-order valence-corrected chi connectivity index (χ2v) is 3.85. The summed E-state index contributed by atoms with van der Waals surface area (Å²) in [6, 6.07) is 0. The van der Waals surface area contributed by atoms with E-state index in [4.69, 9.17) is 10.2 Å². The van der Waals surface area contributed by atoms with Crippen molar-refractivity contribution in [2.24, 2.45) is 5.92 Å². The molecule has 0 aromatic carbocycles. The van der Waals surface area contributed by atoms with Crippen LogP contribution in [0.5, 0.6) is 0 Å². The molecular formula is C10H14N2O3. The van der Waals surface area contributed by atoms with Crippen LogP contribution in [0.25, 0.3) is 0 Å². The van der Waals surface area contributed by atoms with E-state index >= 15 is 0 Å². The number of nitrogens with zero attached hydrogens (tertiary/aromatic N) is 2. The van der Waals surface area contributed by atoms with Crippen LogP contribution in [0, 0.1) is 5.92 Å². The van der Waals surface area contributed by atoms with Crippen LogP contribution in [0.1, 0.15) is 17.9 Å². The number of imidazole rings is 1. The number of fused-ring (bicyclic) bond motifs is 1. The number of carboxylic acids is 1. The molecule has 0 amide bonds. The molecule has 0 radical (unpaired) electrons. The average molecular weight is 210 g/mol. The molecule has 1 aromatic rings. The lowest BCUT2D eigenvalue weighted by atomic mass is 10.00. The van der Waals surface area contributed by atoms with E-state index in [1.54, 1.807) is 0 Å². The third kappa shape index (κ3) is 2.02. The molecule has 82 valence electrons. The van der Waals surface area contributed by atoms with Gasteiger partial charge in [-0.05, 0) is 6.42 Å². The number of carboxylic acid groups (broad SMARTS) is 1. The van der Waals surface area contributed by atoms with Crippen LogP contribution in [0.15, 0.2) is 6.20 Å². The Morgan fingerprint density at radius 3 is 3.13 bits per heavy atom. The Hall–Kier alpha value is -1.36. The van der Waals surface area contributed by atoms with Crippen LogP contribution >= 0.6 is 0 Å². The molecule has 5 nitrogen and oxygen atoms in total. The fourth-order valence-electron chi connectivity index (χ4n) is 1.94. The monoisotopic (exact) mass is 210 g/mol. The molecule has 1 aromatic heterocycles. The van der Waals surface area contributed by atoms with Crippen molar-refractivity contribution in [2.75, 3.05) is 6.61 Å². The normalized spacial score (nSPS) is 19.9. The SMILES string of the molecule is O=C(O)C1CCc2nc(CCO)cn2C1. The summed E-state index contributed by atoms with van der Waals surface area (Å²) in [5.74, 6) is -0.0947. The maximum atomic E-state index is 10.8. The van der Waals surface area contributed by atoms with Gasteiger partial charge in [0.25, 0.3) is 0 Å². The van der Waals surface area contributed by atoms with Crippen LogP contribution < -0.4 is 0 Å². The van der Waals surface area contributed by atoms with Gasteiger partial charge in [0.1, 0.15) is 5.82 Å². The van der Waals surface area contributed by atoms with E-state index in [2.05, 4.69) is 4.98 Å². The summed E-state index contributed by atoms with van der Waals surface area (Å²) in [4.78, 5) is 15.2. The minimum atomic E-state index is -0.738. The summed E-state index contributed by atoms with van der Waals surface area (Å²) in [5.41, 5.74) is 0.846. The summed E-state index contributed by atoms with van der Waals surface area (Å²) in [6.45, 7) is 0.585. The highest BCUT2D eigenvalue weighted by atomic mass is 16.4. The lowest BCUT2D eigenvalue weighted by molar-refractivity contribution is -0.142. The fraction of sp³-hybridized carbons (Fsp3) is 0.600. The molecule has 1 unspecified atom stereocenters. The summed E-state index contributed by atoms with van der Waals surface area (Å²) in [7, 11) is 0. The van der Waals surface area contributed by atoms with Gasteiger partial charge in [-0.3, -0.25) is 4.79 Å². The van der Waals surface area contributed by atoms with Gasteiger partial charge < -0.3 is 14.8 Å². The first kappa shape index (κ1) is 10.2. The van der Waals surface area contributed by atoms with Crippen molar-refractivity contribution in [3.05, 3.63) is 17.7 Å². The van der Waals surface area contributed by atoms with Gasteiger partial charge in [-0.2, -0.15) is 0 Å². The summed E-state index contributed by atoms with van der Waals surface area (Å²) >= 11 is 0. The van der Waals surface area contributed by atoms with Gasteiger partial charge in [0.2, 0.25) is 0 Å². The Morgan fingerprint density at radius 1 is 1.67 bits per heavy atom. The first-order valence-electron chi connectivity index (χ1n) is 5.09. The fourth-order valence-corrected chi connectivity index (χ4v) is 1.94. The van der Waals surface area contributed by atoms with Crippen molar-refractivity contribution >= 4 is 5.97 Å². The topological polar surface area (TPSA) is 75.3 Å². The lowest BCUT2D eigenvalue weighted by Crippen LogP contribution is -2.26. The number of hydrogen-bond acceptors (Lipinski definition) is 3. The van der Waals surface area contributed by atoms with Gasteiger partial charge in [-0.25, -0.2) is 4.98 Å². The van der Waals surface area contributed by atoms with Crippen LogP contribution in [-0.2, 0) is 24.2 Å². The summed E-state index contributed by atoms with van der Waals surface area (Å²) in [6.07, 6.45) is 3.76. The Balaban J connectivity index is 2.15. The zero-order valence-corrected chi connectivity index (χ0v) is 8.39. The number of aliphatic hydroxyl groups excluding tert-OH is 1. The standard InChI is InChI=1S/C10H14N2O3/c13-4-3-8-6-12-5-7(10(14)15)1-2-9(12)11-8/h6-7,13H,1-5H2,(H,14,15). The molecule has 0 aliphatic carbocycles. The summed E-state index contributed by atoms with van der Waals surface area (Å²) < 4.78 is 1.90. The number of aliphatic carboxylic acids is 1. The van der Waals surface area contributed by atoms with Gasteiger partial charge in [-0.1, -0.05) is 0 Å². The highest BCUT2D eigenvalue weighted by molar-refractivity contribution is 5.70. The number of aromatic nitrogens is 2. The molecule has 0 saturated heterocycles. The van der Waals surface area contributed by atoms with E-state index < -0.39 is 5.97 Å². The van der Waals surface area contributed by atoms with Crippen molar-refractivity contribution in [3.63, 3.8) is 0 Å². The maximum Gasteiger partial charge on any atom is 0.308 e. The molecule has 0 bridgehead atoms. The van der Waals surface area contributed by atoms with Gasteiger partial charge in [0, 0.05) is 32.2 Å². The van der Waals surface area contributed by atoms with Crippen LogP contribution in [0.3, 0.4) is 0 Å². The van der Waals surface area contributed by atoms with E-state index in [-0.39, 0.29) is 12.5 Å². The molecule has 1 aliphatic heterocycles. The minimum Gasteiger partial charge on any atom is -0.481 e. The minimum absolute atomic E-state index is 0.0822. The van der Waals surface area contributed by atoms with E-state index in [1.165, 1.54) is 0 Å². The van der Waals surface area contributed by atoms with Crippen molar-refractivity contribution in [3.8, 4) is 0 Å². The lowest BCUT2D eigenvalue weighted by Gasteiger charge is -2.19. The first-order chi connectivity index (χ1) is 7.20. The van der Waals surface area contributed by atoms with Gasteiger partial charge >= 0.3 is 5.97 Å². The molecule has 15 heavy (non-hydrogen) atoms. The molecule has 1 aliphatic rings. The molecule has 5 heteroatoms. The third-order valence-electron chi connectivity index (χ3n) is 2.76. The van der Waals surface area contributed by atoms with Crippen molar-refractivity contribution in [1.29, 1.82) is 0 Å². The van der Waals surface area contributed by atoms with Crippen LogP contribution in [-0.4, -0.2) is 32.3 Å². The quantitative estimate of drug-likeness (QED) is 0.740. The predicted molar refractivity (Wildman–Crippen MR) is 52.5 cm³/mol. The number of carbonyl (C=O) groups is 1. The molecule has 2 rings (SSSR count). The second-order valence-electron chi connectivity index (χ2n) is 3.85. The average Bonchev–Trinajstić information content (AvgIpc) is 2.59. The van der Waals surface area contributed by atoms with Crippen molar-refractivity contribution < 1.29 is 15.0 Å². The van der Waals surface area contributed by atoms with E-state index in [0.717, 1.165) is 11.5 Å². The predicted octanol–water partition coefficient (Wildman–Crippen LogP) is 0.0649. The third-order valence-corrected chi connectivity index (χ3v) is 2.76. The summed E-state index contributed by atoms with van der Waals surface area (Å²) in [5, 5.41) is 17.7. The molecule has 0 spiro atoms. The Labute approximate surface area is 87.4 Å². The smallest absolute Gasteiger partial charge is 0.308 e. The van der Waals surface area contributed by atoms with Gasteiger partial charge in [-0.15, -0.1) is 0 Å². The molecular weight excluding hydrogens is 196 g/mol. The zero-order valence-electron chi connectivity index (χ0n) is 8.39. The highest BCUT2D eigenvalue weighted by Gasteiger charge is 2.25. The molecule has 2 heterocycles. The van der Waals surface area contributed by atoms with E-state index in [9.17, 15) is 4.79 Å². The van der Waals surface area contributed by atoms with Crippen molar-refractivity contribution in [1.82, 2.24) is 9.55 Å². The second kappa shape index (κ2) is 4.02. The van der Waals surface area contributed by atoms with Crippen LogP contribution in [0.4, 0.5) is 0 Å². The Morgan fingerprint density at radius 2 is 2.47 bits per heavy atom. The Kier molecular flexibility index (Phi) is 2.73. The van der Waals surface area contributed by atoms with Gasteiger partial charge in [0.15, 0.2) is 0 Å². The molecule has 2 N–H and O–H groups in total. The number of rotatable bonds is 3. The first-order valence-corrected chi connectivity index (χ1v) is 5.09. The number of aryl methyl sites for hydroxylation is 1. The number of aliphatic hydroxyl groups is 1. The molecule has 1 atom stereocenters. The Bertz CT molecular complexity index is 373. The maximum absolute atomic E-state index is 10.8. The van der Waals surface area contributed by atoms with Crippen molar-refractivity contribution in [2.45, 2.75) is 25.8 Å². The largest absolute Gasteiger partial charge is 0.481 e. The number of hydrogen-bond donors (Lipinski definition) is 2. The molecule has 0 fully saturated rings. The zero-order chi connectivity index (χ0) is 10.8. The van der Waals surface area contributed by atoms with Gasteiger partial charge in [0.05, 0.1) is 11.6 Å². The molecule has 0 saturated carbocycles. The highest BCUT2D eigenvalue weighted by Crippen LogP contribution is 2.20. The van der Waals surface area contributed by atoms with E-state index in [1.807, 2.05) is 10.8 Å². The van der Waals surface area contributed by atoms with E-state index in [0.29, 0.717) is 25.8 Å².